The summed E-state index contributed by atoms with van der Waals surface area (Å²) in [5.41, 5.74) is 0.329. The number of rotatable bonds is 2. The van der Waals surface area contributed by atoms with Crippen molar-refractivity contribution in [2.24, 2.45) is 4.99 Å². The third-order valence-corrected chi connectivity index (χ3v) is 4.13. The van der Waals surface area contributed by atoms with Gasteiger partial charge >= 0.3 is 12.1 Å². The van der Waals surface area contributed by atoms with Crippen LogP contribution in [0.5, 0.6) is 0 Å². The van der Waals surface area contributed by atoms with Crippen LogP contribution in [-0.2, 0) is 10.3 Å². The number of carbonyl (C=O) groups is 1. The predicted octanol–water partition coefficient (Wildman–Crippen LogP) is 2.48. The standard InChI is InChI=1S/C14H10ClF4N3O2/c15-9-3-7(1-2-10(9)16)13(12(23)24)4-8-5-20-6-11(14(17,18)19)22(8)21-13/h1-5,11,21H,6H2,(H,23,24). The lowest BCUT2D eigenvalue weighted by molar-refractivity contribution is -0.185. The molecule has 0 radical (unpaired) electrons. The molecule has 5 nitrogen and oxygen atoms in total. The highest BCUT2D eigenvalue weighted by Gasteiger charge is 2.53. The Morgan fingerprint density at radius 3 is 2.75 bits per heavy atom. The number of benzene rings is 1. The molecule has 0 saturated carbocycles. The van der Waals surface area contributed by atoms with Crippen LogP contribution in [-0.4, -0.2) is 41.1 Å². The Balaban J connectivity index is 2.09. The number of alkyl halides is 3. The van der Waals surface area contributed by atoms with Crippen LogP contribution in [0.3, 0.4) is 0 Å². The minimum absolute atomic E-state index is 0.00220. The van der Waals surface area contributed by atoms with Gasteiger partial charge in [-0.3, -0.25) is 10.0 Å². The van der Waals surface area contributed by atoms with Gasteiger partial charge in [-0.15, -0.1) is 0 Å². The molecule has 0 saturated heterocycles. The molecule has 2 N–H and O–H groups in total. The SMILES string of the molecule is O=C(O)C1(c2ccc(F)c(Cl)c2)C=C2C=NCC(C(F)(F)F)N2N1. The molecule has 0 aromatic heterocycles. The van der Waals surface area contributed by atoms with Crippen LogP contribution in [0.1, 0.15) is 5.56 Å². The molecule has 1 aromatic rings. The number of hydrogen-bond donors (Lipinski definition) is 2. The molecule has 2 aliphatic rings. The van der Waals surface area contributed by atoms with E-state index in [0.717, 1.165) is 35.5 Å². The van der Waals surface area contributed by atoms with Gasteiger partial charge in [-0.1, -0.05) is 17.7 Å². The number of fused-ring (bicyclic) bond motifs is 1. The van der Waals surface area contributed by atoms with Gasteiger partial charge in [0.2, 0.25) is 0 Å². The van der Waals surface area contributed by atoms with E-state index in [-0.39, 0.29) is 16.3 Å². The maximum atomic E-state index is 13.3. The largest absolute Gasteiger partial charge is 0.479 e. The van der Waals surface area contributed by atoms with Crippen molar-refractivity contribution < 1.29 is 27.5 Å². The van der Waals surface area contributed by atoms with Crippen molar-refractivity contribution in [1.29, 1.82) is 0 Å². The third-order valence-electron chi connectivity index (χ3n) is 3.84. The molecule has 10 heteroatoms. The number of halogens is 5. The Morgan fingerprint density at radius 2 is 2.17 bits per heavy atom. The zero-order valence-electron chi connectivity index (χ0n) is 11.8. The van der Waals surface area contributed by atoms with Crippen LogP contribution in [0.25, 0.3) is 0 Å². The minimum atomic E-state index is -4.61. The van der Waals surface area contributed by atoms with Gasteiger partial charge in [0.25, 0.3) is 0 Å². The van der Waals surface area contributed by atoms with E-state index in [4.69, 9.17) is 11.6 Å². The van der Waals surface area contributed by atoms with Gasteiger partial charge in [-0.2, -0.15) is 13.2 Å². The second kappa shape index (κ2) is 5.45. The highest BCUT2D eigenvalue weighted by atomic mass is 35.5. The van der Waals surface area contributed by atoms with Crippen LogP contribution < -0.4 is 5.43 Å². The predicted molar refractivity (Wildman–Crippen MR) is 77.0 cm³/mol. The molecule has 24 heavy (non-hydrogen) atoms. The van der Waals surface area contributed by atoms with E-state index < -0.39 is 36.1 Å². The van der Waals surface area contributed by atoms with Gasteiger partial charge in [-0.25, -0.2) is 14.6 Å². The highest BCUT2D eigenvalue weighted by molar-refractivity contribution is 6.30. The van der Waals surface area contributed by atoms with Gasteiger partial charge in [0.15, 0.2) is 11.6 Å². The molecule has 0 fully saturated rings. The normalized spacial score (nSPS) is 26.3. The van der Waals surface area contributed by atoms with Crippen molar-refractivity contribution in [2.45, 2.75) is 17.8 Å². The topological polar surface area (TPSA) is 64.9 Å². The maximum Gasteiger partial charge on any atom is 0.412 e. The van der Waals surface area contributed by atoms with Crippen molar-refractivity contribution in [1.82, 2.24) is 10.4 Å². The maximum absolute atomic E-state index is 13.3. The molecule has 2 atom stereocenters. The van der Waals surface area contributed by atoms with Crippen molar-refractivity contribution in [2.75, 3.05) is 6.54 Å². The van der Waals surface area contributed by atoms with Crippen LogP contribution in [0.4, 0.5) is 17.6 Å². The van der Waals surface area contributed by atoms with Crippen LogP contribution in [0.2, 0.25) is 5.02 Å². The number of hydrazine groups is 1. The average molecular weight is 364 g/mol. The van der Waals surface area contributed by atoms with Crippen molar-refractivity contribution in [3.8, 4) is 0 Å². The van der Waals surface area contributed by atoms with Crippen LogP contribution in [0.15, 0.2) is 35.0 Å². The first-order chi connectivity index (χ1) is 11.1. The summed E-state index contributed by atoms with van der Waals surface area (Å²) in [6.07, 6.45) is -2.36. The molecule has 0 bridgehead atoms. The van der Waals surface area contributed by atoms with E-state index in [1.807, 2.05) is 0 Å². The lowest BCUT2D eigenvalue weighted by atomic mass is 9.90. The minimum Gasteiger partial charge on any atom is -0.479 e. The zero-order valence-corrected chi connectivity index (χ0v) is 12.6. The fourth-order valence-corrected chi connectivity index (χ4v) is 2.82. The molecule has 0 amide bonds. The molecular formula is C14H10ClF4N3O2. The molecule has 0 aliphatic carbocycles. The molecule has 3 rings (SSSR count). The summed E-state index contributed by atoms with van der Waals surface area (Å²) < 4.78 is 52.8. The monoisotopic (exact) mass is 363 g/mol. The molecule has 128 valence electrons. The summed E-state index contributed by atoms with van der Waals surface area (Å²) in [4.78, 5) is 15.5. The lowest BCUT2D eigenvalue weighted by Gasteiger charge is -2.36. The number of hydrogen-bond acceptors (Lipinski definition) is 4. The number of carboxylic acid groups (broad SMARTS) is 1. The Labute approximate surface area is 138 Å². The molecule has 2 unspecified atom stereocenters. The Hall–Kier alpha value is -2.13. The summed E-state index contributed by atoms with van der Waals surface area (Å²) in [5, 5.41) is 10.0. The van der Waals surface area contributed by atoms with E-state index in [2.05, 4.69) is 10.4 Å². The molecule has 1 aromatic carbocycles. The van der Waals surface area contributed by atoms with Gasteiger partial charge in [-0.05, 0) is 23.8 Å². The summed E-state index contributed by atoms with van der Waals surface area (Å²) in [6, 6.07) is 1.16. The number of aliphatic carboxylic acids is 1. The van der Waals surface area contributed by atoms with E-state index in [9.17, 15) is 27.5 Å². The first-order valence-electron chi connectivity index (χ1n) is 6.70. The molecule has 0 spiro atoms. The summed E-state index contributed by atoms with van der Waals surface area (Å²) in [7, 11) is 0. The van der Waals surface area contributed by atoms with E-state index in [1.165, 1.54) is 0 Å². The second-order valence-electron chi connectivity index (χ2n) is 5.34. The number of nitrogens with zero attached hydrogens (tertiary/aromatic N) is 2. The molecular weight excluding hydrogens is 354 g/mol. The fraction of sp³-hybridized carbons (Fsp3) is 0.286. The van der Waals surface area contributed by atoms with Gasteiger partial charge in [0.1, 0.15) is 5.82 Å². The second-order valence-corrected chi connectivity index (χ2v) is 5.75. The smallest absolute Gasteiger partial charge is 0.412 e. The Kier molecular flexibility index (Phi) is 3.80. The fourth-order valence-electron chi connectivity index (χ4n) is 2.64. The van der Waals surface area contributed by atoms with Crippen LogP contribution in [0, 0.1) is 5.82 Å². The Bertz CT molecular complexity index is 765. The van der Waals surface area contributed by atoms with Gasteiger partial charge in [0, 0.05) is 6.21 Å². The van der Waals surface area contributed by atoms with Crippen molar-refractivity contribution >= 4 is 23.8 Å². The highest BCUT2D eigenvalue weighted by Crippen LogP contribution is 2.38. The van der Waals surface area contributed by atoms with E-state index in [1.54, 1.807) is 0 Å². The van der Waals surface area contributed by atoms with Crippen molar-refractivity contribution in [3.05, 3.63) is 46.4 Å². The first kappa shape index (κ1) is 16.7. The van der Waals surface area contributed by atoms with E-state index >= 15 is 0 Å². The van der Waals surface area contributed by atoms with Crippen LogP contribution >= 0.6 is 11.6 Å². The summed E-state index contributed by atoms with van der Waals surface area (Å²) in [6.45, 7) is -0.562. The van der Waals surface area contributed by atoms with E-state index in [0.29, 0.717) is 0 Å². The van der Waals surface area contributed by atoms with Crippen molar-refractivity contribution in [3.63, 3.8) is 0 Å². The quantitative estimate of drug-likeness (QED) is 0.792. The zero-order chi connectivity index (χ0) is 17.7. The summed E-state index contributed by atoms with van der Waals surface area (Å²) >= 11 is 5.68. The number of allylic oxidation sites excluding steroid dienone is 1. The molecule has 2 aliphatic heterocycles. The Morgan fingerprint density at radius 1 is 1.46 bits per heavy atom. The van der Waals surface area contributed by atoms with Gasteiger partial charge in [0.05, 0.1) is 17.3 Å². The average Bonchev–Trinajstić information content (AvgIpc) is 2.89. The third kappa shape index (κ3) is 2.53. The first-order valence-corrected chi connectivity index (χ1v) is 7.08. The summed E-state index contributed by atoms with van der Waals surface area (Å²) in [5.74, 6) is -2.22. The van der Waals surface area contributed by atoms with Gasteiger partial charge < -0.3 is 5.11 Å². The molecule has 2 heterocycles. The number of carboxylic acids is 1. The number of nitrogens with one attached hydrogen (secondary N) is 1. The number of aliphatic imine (C=N–C) groups is 1. The lowest BCUT2D eigenvalue weighted by Crippen LogP contribution is -2.58.